The van der Waals surface area contributed by atoms with Crippen molar-refractivity contribution in [1.82, 2.24) is 9.97 Å². The summed E-state index contributed by atoms with van der Waals surface area (Å²) in [6.07, 6.45) is 6.85. The maximum absolute atomic E-state index is 11.0. The van der Waals surface area contributed by atoms with Gasteiger partial charge in [-0.2, -0.15) is 0 Å². The Bertz CT molecular complexity index is 380. The fourth-order valence-corrected chi connectivity index (χ4v) is 1.12. The number of halogens is 1. The van der Waals surface area contributed by atoms with Crippen LogP contribution in [-0.2, 0) is 0 Å². The van der Waals surface area contributed by atoms with E-state index in [1.165, 1.54) is 6.33 Å². The zero-order valence-electron chi connectivity index (χ0n) is 6.71. The average Bonchev–Trinajstić information content (AvgIpc) is 2.13. The second kappa shape index (κ2) is 4.87. The third kappa shape index (κ3) is 2.73. The average molecular weight is 290 g/mol. The summed E-state index contributed by atoms with van der Waals surface area (Å²) < 4.78 is 5.62. The van der Waals surface area contributed by atoms with Crippen molar-refractivity contribution in [3.8, 4) is 18.2 Å². The van der Waals surface area contributed by atoms with Gasteiger partial charge in [0.15, 0.2) is 0 Å². The van der Waals surface area contributed by atoms with Crippen LogP contribution in [0, 0.1) is 15.9 Å². The monoisotopic (exact) mass is 290 g/mol. The van der Waals surface area contributed by atoms with Crippen molar-refractivity contribution in [3.05, 3.63) is 20.3 Å². The van der Waals surface area contributed by atoms with Crippen LogP contribution < -0.4 is 10.3 Å². The number of hydrogen-bond acceptors (Lipinski definition) is 3. The molecule has 0 bridgehead atoms. The van der Waals surface area contributed by atoms with Gasteiger partial charge in [-0.25, -0.2) is 4.98 Å². The lowest BCUT2D eigenvalue weighted by Gasteiger charge is -2.02. The fraction of sp³-hybridized carbons (Fsp3) is 0.250. The van der Waals surface area contributed by atoms with Crippen LogP contribution in [-0.4, -0.2) is 16.6 Å². The molecule has 0 aliphatic carbocycles. The lowest BCUT2D eigenvalue weighted by atomic mass is 10.5. The van der Waals surface area contributed by atoms with Crippen molar-refractivity contribution >= 4 is 22.6 Å². The minimum atomic E-state index is -0.202. The van der Waals surface area contributed by atoms with Crippen molar-refractivity contribution in [3.63, 3.8) is 0 Å². The third-order valence-corrected chi connectivity index (χ3v) is 2.20. The standard InChI is InChI=1S/C8H7IN2O2/c1-2-3-4-13-8-6(9)7(12)10-5-11-8/h1,5H,3-4H2,(H,10,11,12). The predicted molar refractivity (Wildman–Crippen MR) is 56.5 cm³/mol. The lowest BCUT2D eigenvalue weighted by molar-refractivity contribution is 0.310. The number of nitrogens with one attached hydrogen (secondary N) is 1. The van der Waals surface area contributed by atoms with E-state index in [2.05, 4.69) is 15.9 Å². The Kier molecular flexibility index (Phi) is 3.76. The summed E-state index contributed by atoms with van der Waals surface area (Å²) in [5.74, 6) is 2.76. The van der Waals surface area contributed by atoms with Crippen LogP contribution in [0.1, 0.15) is 6.42 Å². The summed E-state index contributed by atoms with van der Waals surface area (Å²) >= 11 is 1.87. The molecule has 0 amide bonds. The Labute approximate surface area is 88.9 Å². The smallest absolute Gasteiger partial charge is 0.268 e. The van der Waals surface area contributed by atoms with E-state index in [4.69, 9.17) is 11.2 Å². The highest BCUT2D eigenvalue weighted by molar-refractivity contribution is 14.1. The van der Waals surface area contributed by atoms with Gasteiger partial charge in [0.05, 0.1) is 6.33 Å². The lowest BCUT2D eigenvalue weighted by Crippen LogP contribution is -2.13. The van der Waals surface area contributed by atoms with E-state index in [0.717, 1.165) is 0 Å². The molecular formula is C8H7IN2O2. The molecule has 0 radical (unpaired) electrons. The molecule has 0 aliphatic heterocycles. The van der Waals surface area contributed by atoms with Crippen LogP contribution in [0.3, 0.4) is 0 Å². The molecule has 5 heteroatoms. The predicted octanol–water partition coefficient (Wildman–Crippen LogP) is 0.777. The summed E-state index contributed by atoms with van der Waals surface area (Å²) in [6, 6.07) is 0. The normalized spacial score (nSPS) is 9.23. The highest BCUT2D eigenvalue weighted by Crippen LogP contribution is 2.11. The molecule has 68 valence electrons. The summed E-state index contributed by atoms with van der Waals surface area (Å²) in [5.41, 5.74) is -0.202. The number of ether oxygens (including phenoxy) is 1. The van der Waals surface area contributed by atoms with Crippen molar-refractivity contribution in [2.45, 2.75) is 6.42 Å². The van der Waals surface area contributed by atoms with Crippen LogP contribution in [0.2, 0.25) is 0 Å². The molecule has 0 saturated heterocycles. The van der Waals surface area contributed by atoms with Crippen molar-refractivity contribution in [2.24, 2.45) is 0 Å². The van der Waals surface area contributed by atoms with Gasteiger partial charge in [-0.05, 0) is 22.6 Å². The van der Waals surface area contributed by atoms with E-state index in [1.54, 1.807) is 0 Å². The van der Waals surface area contributed by atoms with Gasteiger partial charge in [-0.15, -0.1) is 12.3 Å². The Morgan fingerprint density at radius 2 is 2.54 bits per heavy atom. The largest absolute Gasteiger partial charge is 0.476 e. The second-order valence-corrected chi connectivity index (χ2v) is 3.23. The van der Waals surface area contributed by atoms with E-state index in [-0.39, 0.29) is 5.56 Å². The van der Waals surface area contributed by atoms with Crippen LogP contribution in [0.5, 0.6) is 5.88 Å². The maximum atomic E-state index is 11.0. The molecule has 13 heavy (non-hydrogen) atoms. The molecule has 0 aromatic carbocycles. The molecule has 1 heterocycles. The maximum Gasteiger partial charge on any atom is 0.268 e. The molecular weight excluding hydrogens is 283 g/mol. The minimum Gasteiger partial charge on any atom is -0.476 e. The van der Waals surface area contributed by atoms with Crippen LogP contribution >= 0.6 is 22.6 Å². The number of rotatable bonds is 3. The molecule has 0 unspecified atom stereocenters. The number of aromatic amines is 1. The number of aromatic nitrogens is 2. The first-order valence-corrected chi connectivity index (χ1v) is 4.63. The molecule has 1 aromatic rings. The molecule has 0 aliphatic rings. The first-order chi connectivity index (χ1) is 6.25. The van der Waals surface area contributed by atoms with Gasteiger partial charge in [0.25, 0.3) is 5.56 Å². The van der Waals surface area contributed by atoms with Crippen LogP contribution in [0.4, 0.5) is 0 Å². The highest BCUT2D eigenvalue weighted by Gasteiger charge is 2.04. The second-order valence-electron chi connectivity index (χ2n) is 2.15. The first-order valence-electron chi connectivity index (χ1n) is 3.55. The fourth-order valence-electron chi connectivity index (χ4n) is 0.674. The Hall–Kier alpha value is -1.03. The first kappa shape index (κ1) is 10.1. The zero-order valence-corrected chi connectivity index (χ0v) is 8.87. The van der Waals surface area contributed by atoms with Gasteiger partial charge in [0.1, 0.15) is 10.2 Å². The number of nitrogens with zero attached hydrogens (tertiary/aromatic N) is 1. The number of H-pyrrole nitrogens is 1. The van der Waals surface area contributed by atoms with Crippen molar-refractivity contribution in [1.29, 1.82) is 0 Å². The molecule has 0 atom stereocenters. The Morgan fingerprint density at radius 3 is 3.23 bits per heavy atom. The zero-order chi connectivity index (χ0) is 9.68. The van der Waals surface area contributed by atoms with Gasteiger partial charge < -0.3 is 9.72 Å². The van der Waals surface area contributed by atoms with E-state index < -0.39 is 0 Å². The summed E-state index contributed by atoms with van der Waals surface area (Å²) in [6.45, 7) is 0.378. The van der Waals surface area contributed by atoms with E-state index in [1.807, 2.05) is 22.6 Å². The van der Waals surface area contributed by atoms with Crippen molar-refractivity contribution < 1.29 is 4.74 Å². The van der Waals surface area contributed by atoms with Crippen molar-refractivity contribution in [2.75, 3.05) is 6.61 Å². The number of hydrogen-bond donors (Lipinski definition) is 1. The van der Waals surface area contributed by atoms with Crippen LogP contribution in [0.25, 0.3) is 0 Å². The molecule has 1 rings (SSSR count). The molecule has 4 nitrogen and oxygen atoms in total. The molecule has 0 spiro atoms. The van der Waals surface area contributed by atoms with Gasteiger partial charge in [-0.3, -0.25) is 4.79 Å². The summed E-state index contributed by atoms with van der Waals surface area (Å²) in [7, 11) is 0. The molecule has 0 fully saturated rings. The summed E-state index contributed by atoms with van der Waals surface area (Å²) in [5, 5.41) is 0. The van der Waals surface area contributed by atoms with Gasteiger partial charge in [-0.1, -0.05) is 0 Å². The molecule has 1 aromatic heterocycles. The Balaban J connectivity index is 2.73. The van der Waals surface area contributed by atoms with E-state index in [9.17, 15) is 4.79 Å². The van der Waals surface area contributed by atoms with Gasteiger partial charge in [0, 0.05) is 6.42 Å². The third-order valence-electron chi connectivity index (χ3n) is 1.25. The molecule has 1 N–H and O–H groups in total. The topological polar surface area (TPSA) is 55.0 Å². The van der Waals surface area contributed by atoms with Gasteiger partial charge >= 0.3 is 0 Å². The Morgan fingerprint density at radius 1 is 1.77 bits per heavy atom. The van der Waals surface area contributed by atoms with Gasteiger partial charge in [0.2, 0.25) is 5.88 Å². The van der Waals surface area contributed by atoms with Crippen LogP contribution in [0.15, 0.2) is 11.1 Å². The van der Waals surface area contributed by atoms with E-state index in [0.29, 0.717) is 22.5 Å². The SMILES string of the molecule is C#CCCOc1nc[nH]c(=O)c1I. The highest BCUT2D eigenvalue weighted by atomic mass is 127. The quantitative estimate of drug-likeness (QED) is 0.508. The minimum absolute atomic E-state index is 0.202. The summed E-state index contributed by atoms with van der Waals surface area (Å²) in [4.78, 5) is 17.3. The number of terminal acetylenes is 1. The van der Waals surface area contributed by atoms with E-state index >= 15 is 0 Å². The molecule has 0 saturated carbocycles.